The van der Waals surface area contributed by atoms with Crippen LogP contribution in [0.2, 0.25) is 0 Å². The van der Waals surface area contributed by atoms with Gasteiger partial charge >= 0.3 is 0 Å². The van der Waals surface area contributed by atoms with E-state index in [4.69, 9.17) is 10.00 Å². The minimum absolute atomic E-state index is 0.515. The molecule has 0 N–H and O–H groups in total. The SMILES string of the molecule is COc1cc(N(C)CCC#N)ccn1. The van der Waals surface area contributed by atoms with Gasteiger partial charge in [-0.25, -0.2) is 4.98 Å². The lowest BCUT2D eigenvalue weighted by molar-refractivity contribution is 0.398. The Labute approximate surface area is 83.7 Å². The summed E-state index contributed by atoms with van der Waals surface area (Å²) in [6.45, 7) is 0.712. The molecule has 74 valence electrons. The number of aromatic nitrogens is 1. The number of ether oxygens (including phenoxy) is 1. The van der Waals surface area contributed by atoms with Crippen LogP contribution in [0.4, 0.5) is 5.69 Å². The molecule has 14 heavy (non-hydrogen) atoms. The van der Waals surface area contributed by atoms with E-state index < -0.39 is 0 Å². The van der Waals surface area contributed by atoms with Crippen molar-refractivity contribution in [1.82, 2.24) is 4.98 Å². The fourth-order valence-electron chi connectivity index (χ4n) is 1.09. The van der Waals surface area contributed by atoms with E-state index in [0.717, 1.165) is 5.69 Å². The first-order valence-electron chi connectivity index (χ1n) is 4.36. The smallest absolute Gasteiger partial charge is 0.214 e. The Morgan fingerprint density at radius 1 is 1.64 bits per heavy atom. The van der Waals surface area contributed by atoms with Gasteiger partial charge in [-0.2, -0.15) is 5.26 Å². The van der Waals surface area contributed by atoms with Gasteiger partial charge in [-0.3, -0.25) is 0 Å². The first kappa shape index (κ1) is 10.3. The predicted molar refractivity (Wildman–Crippen MR) is 54.3 cm³/mol. The number of anilines is 1. The molecular weight excluding hydrogens is 178 g/mol. The fraction of sp³-hybridized carbons (Fsp3) is 0.400. The lowest BCUT2D eigenvalue weighted by atomic mass is 10.3. The Kier molecular flexibility index (Phi) is 3.74. The van der Waals surface area contributed by atoms with Crippen molar-refractivity contribution in [2.45, 2.75) is 6.42 Å². The molecule has 1 heterocycles. The van der Waals surface area contributed by atoms with E-state index in [-0.39, 0.29) is 0 Å². The first-order valence-corrected chi connectivity index (χ1v) is 4.36. The standard InChI is InChI=1S/C10H13N3O/c1-13(7-3-5-11)9-4-6-12-10(8-9)14-2/h4,6,8H,3,7H2,1-2H3. The van der Waals surface area contributed by atoms with Gasteiger partial charge in [0.05, 0.1) is 19.6 Å². The number of nitriles is 1. The maximum Gasteiger partial charge on any atom is 0.214 e. The Hall–Kier alpha value is -1.76. The van der Waals surface area contributed by atoms with E-state index >= 15 is 0 Å². The molecule has 0 atom stereocenters. The summed E-state index contributed by atoms with van der Waals surface area (Å²) in [5, 5.41) is 8.45. The van der Waals surface area contributed by atoms with Crippen LogP contribution < -0.4 is 9.64 Å². The van der Waals surface area contributed by atoms with Gasteiger partial charge in [0.15, 0.2) is 0 Å². The van der Waals surface area contributed by atoms with E-state index in [1.54, 1.807) is 13.3 Å². The van der Waals surface area contributed by atoms with E-state index in [0.29, 0.717) is 18.8 Å². The molecule has 0 bridgehead atoms. The number of rotatable bonds is 4. The maximum absolute atomic E-state index is 8.45. The van der Waals surface area contributed by atoms with E-state index in [9.17, 15) is 0 Å². The molecule has 0 radical (unpaired) electrons. The fourth-order valence-corrected chi connectivity index (χ4v) is 1.09. The first-order chi connectivity index (χ1) is 6.77. The molecule has 1 aromatic rings. The molecule has 1 rings (SSSR count). The minimum atomic E-state index is 0.515. The highest BCUT2D eigenvalue weighted by molar-refractivity contribution is 5.47. The van der Waals surface area contributed by atoms with Gasteiger partial charge in [-0.15, -0.1) is 0 Å². The van der Waals surface area contributed by atoms with Gasteiger partial charge in [-0.05, 0) is 6.07 Å². The minimum Gasteiger partial charge on any atom is -0.481 e. The van der Waals surface area contributed by atoms with Crippen LogP contribution >= 0.6 is 0 Å². The van der Waals surface area contributed by atoms with Gasteiger partial charge in [0.2, 0.25) is 5.88 Å². The zero-order chi connectivity index (χ0) is 10.4. The highest BCUT2D eigenvalue weighted by Crippen LogP contribution is 2.16. The summed E-state index contributed by atoms with van der Waals surface area (Å²) >= 11 is 0. The van der Waals surface area contributed by atoms with Crippen LogP contribution in [0.5, 0.6) is 5.88 Å². The lowest BCUT2D eigenvalue weighted by Gasteiger charge is -2.17. The summed E-state index contributed by atoms with van der Waals surface area (Å²) in [6, 6.07) is 5.84. The van der Waals surface area contributed by atoms with Crippen molar-refractivity contribution in [3.05, 3.63) is 18.3 Å². The van der Waals surface area contributed by atoms with Gasteiger partial charge in [0, 0.05) is 31.5 Å². The van der Waals surface area contributed by atoms with Crippen LogP contribution in [0.1, 0.15) is 6.42 Å². The molecule has 0 saturated heterocycles. The highest BCUT2D eigenvalue weighted by atomic mass is 16.5. The number of methoxy groups -OCH3 is 1. The number of hydrogen-bond donors (Lipinski definition) is 0. The molecule has 4 nitrogen and oxygen atoms in total. The number of pyridine rings is 1. The van der Waals surface area contributed by atoms with Crippen LogP contribution in [0, 0.1) is 11.3 Å². The van der Waals surface area contributed by atoms with Crippen LogP contribution in [-0.4, -0.2) is 25.7 Å². The van der Waals surface area contributed by atoms with Crippen LogP contribution in [-0.2, 0) is 0 Å². The molecule has 0 aliphatic carbocycles. The second-order valence-corrected chi connectivity index (χ2v) is 2.89. The summed E-state index contributed by atoms with van der Waals surface area (Å²) in [5.74, 6) is 0.589. The molecule has 0 aromatic carbocycles. The quantitative estimate of drug-likeness (QED) is 0.722. The summed E-state index contributed by atoms with van der Waals surface area (Å²) in [6.07, 6.45) is 2.21. The molecule has 0 aliphatic rings. The van der Waals surface area contributed by atoms with Crippen LogP contribution in [0.25, 0.3) is 0 Å². The highest BCUT2D eigenvalue weighted by Gasteiger charge is 2.01. The number of nitrogens with zero attached hydrogens (tertiary/aromatic N) is 3. The van der Waals surface area contributed by atoms with Crippen molar-refractivity contribution in [1.29, 1.82) is 5.26 Å². The molecule has 1 aromatic heterocycles. The molecular formula is C10H13N3O. The Morgan fingerprint density at radius 3 is 3.07 bits per heavy atom. The molecule has 4 heteroatoms. The third kappa shape index (κ3) is 2.63. The van der Waals surface area contributed by atoms with Gasteiger partial charge in [0.1, 0.15) is 0 Å². The van der Waals surface area contributed by atoms with Crippen molar-refractivity contribution in [3.63, 3.8) is 0 Å². The van der Waals surface area contributed by atoms with Gasteiger partial charge in [0.25, 0.3) is 0 Å². The Morgan fingerprint density at radius 2 is 2.43 bits per heavy atom. The van der Waals surface area contributed by atoms with E-state index in [1.165, 1.54) is 0 Å². The molecule has 0 spiro atoms. The van der Waals surface area contributed by atoms with Crippen molar-refractivity contribution >= 4 is 5.69 Å². The summed E-state index contributed by atoms with van der Waals surface area (Å²) < 4.78 is 5.01. The van der Waals surface area contributed by atoms with Gasteiger partial charge < -0.3 is 9.64 Å². The zero-order valence-electron chi connectivity index (χ0n) is 8.40. The predicted octanol–water partition coefficient (Wildman–Crippen LogP) is 1.44. The summed E-state index contributed by atoms with van der Waals surface area (Å²) in [7, 11) is 3.52. The second-order valence-electron chi connectivity index (χ2n) is 2.89. The molecule has 0 saturated carbocycles. The average Bonchev–Trinajstić information content (AvgIpc) is 2.26. The molecule has 0 fully saturated rings. The van der Waals surface area contributed by atoms with Gasteiger partial charge in [-0.1, -0.05) is 0 Å². The maximum atomic E-state index is 8.45. The van der Waals surface area contributed by atoms with E-state index in [2.05, 4.69) is 11.1 Å². The van der Waals surface area contributed by atoms with Crippen molar-refractivity contribution in [3.8, 4) is 11.9 Å². The van der Waals surface area contributed by atoms with Crippen LogP contribution in [0.15, 0.2) is 18.3 Å². The normalized spacial score (nSPS) is 9.21. The topological polar surface area (TPSA) is 49.1 Å². The largest absolute Gasteiger partial charge is 0.481 e. The van der Waals surface area contributed by atoms with Crippen molar-refractivity contribution in [2.75, 3.05) is 25.6 Å². The summed E-state index contributed by atoms with van der Waals surface area (Å²) in [5.41, 5.74) is 1.01. The third-order valence-electron chi connectivity index (χ3n) is 1.93. The Bertz CT molecular complexity index is 332. The van der Waals surface area contributed by atoms with Crippen molar-refractivity contribution in [2.24, 2.45) is 0 Å². The average molecular weight is 191 g/mol. The van der Waals surface area contributed by atoms with Crippen LogP contribution in [0.3, 0.4) is 0 Å². The third-order valence-corrected chi connectivity index (χ3v) is 1.93. The summed E-state index contributed by atoms with van der Waals surface area (Å²) in [4.78, 5) is 6.00. The van der Waals surface area contributed by atoms with E-state index in [1.807, 2.05) is 24.1 Å². The lowest BCUT2D eigenvalue weighted by Crippen LogP contribution is -2.17. The Balaban J connectivity index is 2.70. The van der Waals surface area contributed by atoms with Crippen molar-refractivity contribution < 1.29 is 4.74 Å². The number of hydrogen-bond acceptors (Lipinski definition) is 4. The second kappa shape index (κ2) is 5.07. The molecule has 0 unspecified atom stereocenters. The monoisotopic (exact) mass is 191 g/mol. The molecule has 0 amide bonds. The molecule has 0 aliphatic heterocycles. The zero-order valence-corrected chi connectivity index (χ0v) is 8.40.